The number of pyridine rings is 1. The number of imide groups is 1. The number of hydrogen-bond acceptors (Lipinski definition) is 8. The molecule has 11 nitrogen and oxygen atoms in total. The first-order valence-corrected chi connectivity index (χ1v) is 19.8. The summed E-state index contributed by atoms with van der Waals surface area (Å²) < 4.78 is 58.0. The van der Waals surface area contributed by atoms with Gasteiger partial charge in [-0.1, -0.05) is 17.7 Å². The lowest BCUT2D eigenvalue weighted by Crippen LogP contribution is -2.44. The average molecular weight is 812 g/mol. The van der Waals surface area contributed by atoms with E-state index in [1.165, 1.54) is 28.0 Å². The van der Waals surface area contributed by atoms with E-state index in [0.717, 1.165) is 92.4 Å². The van der Waals surface area contributed by atoms with Crippen molar-refractivity contribution in [1.29, 1.82) is 0 Å². The van der Waals surface area contributed by atoms with Crippen LogP contribution in [0, 0.1) is 11.7 Å². The number of piperidine rings is 2. The number of alkyl halides is 3. The number of hydrogen-bond donors (Lipinski definition) is 2. The van der Waals surface area contributed by atoms with Gasteiger partial charge in [-0.15, -0.1) is 11.3 Å². The van der Waals surface area contributed by atoms with E-state index in [2.05, 4.69) is 20.5 Å². The van der Waals surface area contributed by atoms with Crippen LogP contribution in [0.3, 0.4) is 0 Å². The number of thiazole rings is 1. The summed E-state index contributed by atoms with van der Waals surface area (Å²) in [6.45, 7) is 2.77. The van der Waals surface area contributed by atoms with Gasteiger partial charge in [-0.25, -0.2) is 19.2 Å². The third-order valence-electron chi connectivity index (χ3n) is 11.4. The molecule has 294 valence electrons. The first-order chi connectivity index (χ1) is 26.7. The zero-order chi connectivity index (χ0) is 39.5. The van der Waals surface area contributed by atoms with Gasteiger partial charge >= 0.3 is 11.9 Å². The average Bonchev–Trinajstić information content (AvgIpc) is 3.68. The van der Waals surface area contributed by atoms with Gasteiger partial charge in [-0.05, 0) is 106 Å². The summed E-state index contributed by atoms with van der Waals surface area (Å²) in [7, 11) is 1.71. The SMILES string of the molecule is Cn1c(=O)n(C2CCC(=O)NC2=O)c2cc(Cl)cc(C3CCN(CC4CCC(c5nc6cc(F)c(NC(=O)c7cccc(C(F)(F)F)n7)cc6s5)CC4)CC3)c21. The number of nitrogens with one attached hydrogen (secondary N) is 2. The topological polar surface area (TPSA) is 131 Å². The zero-order valence-electron chi connectivity index (χ0n) is 30.3. The molecule has 1 unspecified atom stereocenters. The quantitative estimate of drug-likeness (QED) is 0.128. The molecule has 1 saturated carbocycles. The second kappa shape index (κ2) is 15.0. The third-order valence-corrected chi connectivity index (χ3v) is 12.8. The van der Waals surface area contributed by atoms with Crippen LogP contribution in [0.4, 0.5) is 23.2 Å². The number of aryl methyl sites for hydroxylation is 1. The van der Waals surface area contributed by atoms with Crippen LogP contribution < -0.4 is 16.3 Å². The molecule has 3 aliphatic rings. The highest BCUT2D eigenvalue weighted by Crippen LogP contribution is 2.41. The molecule has 3 aromatic heterocycles. The molecule has 2 aromatic carbocycles. The van der Waals surface area contributed by atoms with Gasteiger partial charge < -0.3 is 10.2 Å². The number of fused-ring (bicyclic) bond motifs is 2. The number of halogens is 5. The lowest BCUT2D eigenvalue weighted by atomic mass is 9.81. The molecule has 0 bridgehead atoms. The predicted octanol–water partition coefficient (Wildman–Crippen LogP) is 7.54. The second-order valence-corrected chi connectivity index (χ2v) is 16.5. The van der Waals surface area contributed by atoms with Gasteiger partial charge in [0, 0.05) is 37.0 Å². The van der Waals surface area contributed by atoms with Crippen LogP contribution in [0.5, 0.6) is 0 Å². The number of likely N-dealkylation sites (tertiary alicyclic amines) is 1. The fourth-order valence-electron chi connectivity index (χ4n) is 8.58. The summed E-state index contributed by atoms with van der Waals surface area (Å²) in [6.07, 6.45) is 1.40. The minimum absolute atomic E-state index is 0.154. The number of benzene rings is 2. The number of imidazole rings is 1. The van der Waals surface area contributed by atoms with Crippen LogP contribution in [-0.2, 0) is 22.8 Å². The fraction of sp³-hybridized carbons (Fsp3) is 0.436. The maximum absolute atomic E-state index is 15.0. The summed E-state index contributed by atoms with van der Waals surface area (Å²) in [5.74, 6) is -1.59. The minimum atomic E-state index is -4.72. The molecule has 8 rings (SSSR count). The van der Waals surface area contributed by atoms with E-state index in [9.17, 15) is 32.3 Å². The number of carbonyl (C=O) groups is 3. The lowest BCUT2D eigenvalue weighted by Gasteiger charge is -2.36. The molecular weight excluding hydrogens is 774 g/mol. The van der Waals surface area contributed by atoms with Crippen molar-refractivity contribution in [3.63, 3.8) is 0 Å². The third kappa shape index (κ3) is 7.45. The molecule has 17 heteroatoms. The monoisotopic (exact) mass is 811 g/mol. The summed E-state index contributed by atoms with van der Waals surface area (Å²) in [6, 6.07) is 8.57. The van der Waals surface area contributed by atoms with Gasteiger partial charge in [0.05, 0.1) is 31.9 Å². The highest BCUT2D eigenvalue weighted by Gasteiger charge is 2.35. The van der Waals surface area contributed by atoms with Crippen molar-refractivity contribution in [3.8, 4) is 0 Å². The predicted molar refractivity (Wildman–Crippen MR) is 203 cm³/mol. The van der Waals surface area contributed by atoms with Crippen molar-refractivity contribution in [2.75, 3.05) is 25.0 Å². The summed E-state index contributed by atoms with van der Waals surface area (Å²) >= 11 is 8.06. The Kier molecular flexibility index (Phi) is 10.2. The normalized spacial score (nSPS) is 21.5. The molecule has 0 radical (unpaired) electrons. The van der Waals surface area contributed by atoms with Crippen molar-refractivity contribution in [2.24, 2.45) is 13.0 Å². The Bertz CT molecular complexity index is 2430. The van der Waals surface area contributed by atoms with Crippen LogP contribution >= 0.6 is 22.9 Å². The largest absolute Gasteiger partial charge is 0.433 e. The van der Waals surface area contributed by atoms with E-state index in [4.69, 9.17) is 16.6 Å². The molecule has 1 atom stereocenters. The van der Waals surface area contributed by atoms with Crippen LogP contribution in [0.2, 0.25) is 5.02 Å². The molecule has 1 aliphatic carbocycles. The fourth-order valence-corrected chi connectivity index (χ4v) is 9.96. The van der Waals surface area contributed by atoms with Crippen molar-refractivity contribution < 1.29 is 31.9 Å². The molecular formula is C39H38ClF4N7O4S. The van der Waals surface area contributed by atoms with Crippen LogP contribution in [-0.4, -0.2) is 61.4 Å². The van der Waals surface area contributed by atoms with Crippen molar-refractivity contribution >= 4 is 67.6 Å². The van der Waals surface area contributed by atoms with Crippen molar-refractivity contribution in [2.45, 2.75) is 75.4 Å². The van der Waals surface area contributed by atoms with Gasteiger partial charge in [0.25, 0.3) is 5.91 Å². The van der Waals surface area contributed by atoms with E-state index in [0.29, 0.717) is 26.7 Å². The molecule has 2 N–H and O–H groups in total. The van der Waals surface area contributed by atoms with Gasteiger partial charge in [-0.3, -0.25) is 28.8 Å². The number of rotatable bonds is 7. The van der Waals surface area contributed by atoms with Crippen LogP contribution in [0.25, 0.3) is 21.3 Å². The lowest BCUT2D eigenvalue weighted by molar-refractivity contribution is -0.141. The van der Waals surface area contributed by atoms with E-state index in [1.807, 2.05) is 6.07 Å². The molecule has 3 amide bonds. The number of amides is 3. The first-order valence-electron chi connectivity index (χ1n) is 18.7. The van der Waals surface area contributed by atoms with Gasteiger partial charge in [0.1, 0.15) is 23.2 Å². The van der Waals surface area contributed by atoms with Crippen LogP contribution in [0.15, 0.2) is 47.3 Å². The Morgan fingerprint density at radius 1 is 0.982 bits per heavy atom. The number of anilines is 1. The van der Waals surface area contributed by atoms with E-state index >= 15 is 4.39 Å². The Labute approximate surface area is 327 Å². The van der Waals surface area contributed by atoms with E-state index in [1.54, 1.807) is 17.7 Å². The molecule has 5 heterocycles. The highest BCUT2D eigenvalue weighted by molar-refractivity contribution is 7.18. The second-order valence-electron chi connectivity index (χ2n) is 15.0. The summed E-state index contributed by atoms with van der Waals surface area (Å²) in [5.41, 5.74) is 0.688. The summed E-state index contributed by atoms with van der Waals surface area (Å²) in [4.78, 5) is 61.3. The Morgan fingerprint density at radius 3 is 2.45 bits per heavy atom. The number of nitrogens with zero attached hydrogens (tertiary/aromatic N) is 5. The standard InChI is InChI=1S/C39H38ClF4N7O4S/c1-49-34-24(15-23(40)16-30(34)51(38(49)55)29-9-10-33(52)48-36(29)54)21-11-13-50(14-12-21)19-20-5-7-22(8-6-20)37-47-28-17-25(41)27(18-31(28)56-37)46-35(53)26-3-2-4-32(45-26)39(42,43)44/h2-4,15-18,20-22,29H,5-14,19H2,1H3,(H,46,53)(H,48,52,54). The molecule has 0 spiro atoms. The number of aromatic nitrogens is 4. The van der Waals surface area contributed by atoms with E-state index < -0.39 is 41.2 Å². The van der Waals surface area contributed by atoms with Gasteiger partial charge in [0.15, 0.2) is 0 Å². The Hall–Kier alpha value is -4.67. The maximum Gasteiger partial charge on any atom is 0.433 e. The zero-order valence-corrected chi connectivity index (χ0v) is 31.9. The Morgan fingerprint density at radius 2 is 1.73 bits per heavy atom. The minimum Gasteiger partial charge on any atom is -0.318 e. The van der Waals surface area contributed by atoms with Gasteiger partial charge in [0.2, 0.25) is 11.8 Å². The number of carbonyl (C=O) groups excluding carboxylic acids is 3. The smallest absolute Gasteiger partial charge is 0.318 e. The molecule has 2 saturated heterocycles. The van der Waals surface area contributed by atoms with Crippen molar-refractivity contribution in [1.82, 2.24) is 29.3 Å². The summed E-state index contributed by atoms with van der Waals surface area (Å²) in [5, 5.41) is 6.11. The van der Waals surface area contributed by atoms with Gasteiger partial charge in [-0.2, -0.15) is 13.2 Å². The molecule has 3 fully saturated rings. The van der Waals surface area contributed by atoms with E-state index in [-0.39, 0.29) is 42.0 Å². The first kappa shape index (κ1) is 38.2. The highest BCUT2D eigenvalue weighted by atomic mass is 35.5. The van der Waals surface area contributed by atoms with Crippen LogP contribution in [0.1, 0.15) is 96.0 Å². The molecule has 56 heavy (non-hydrogen) atoms. The molecule has 5 aromatic rings. The maximum atomic E-state index is 15.0. The Balaban J connectivity index is 0.878. The van der Waals surface area contributed by atoms with Crippen molar-refractivity contribution in [3.05, 3.63) is 85.7 Å². The molecule has 2 aliphatic heterocycles.